The third kappa shape index (κ3) is 5.11. The molecule has 0 saturated heterocycles. The van der Waals surface area contributed by atoms with E-state index in [1.165, 1.54) is 6.92 Å². The molecule has 0 fully saturated rings. The number of halogens is 1. The summed E-state index contributed by atoms with van der Waals surface area (Å²) in [7, 11) is 0. The number of carbonyl (C=O) groups is 2. The molecule has 2 aromatic rings. The van der Waals surface area contributed by atoms with Gasteiger partial charge in [-0.25, -0.2) is 0 Å². The first-order valence-electron chi connectivity index (χ1n) is 7.69. The molecule has 5 heteroatoms. The van der Waals surface area contributed by atoms with Crippen LogP contribution in [-0.4, -0.2) is 16.9 Å². The maximum absolute atomic E-state index is 12.4. The SMILES string of the molecule is CC(=O)c1cccc(NC(=O)C(C)SC(C)c2ccc(Cl)cc2)c1. The Morgan fingerprint density at radius 1 is 1.08 bits per heavy atom. The average molecular weight is 362 g/mol. The van der Waals surface area contributed by atoms with Gasteiger partial charge in [0.1, 0.15) is 0 Å². The number of carbonyl (C=O) groups excluding carboxylic acids is 2. The van der Waals surface area contributed by atoms with E-state index >= 15 is 0 Å². The molecule has 1 amide bonds. The Morgan fingerprint density at radius 2 is 1.75 bits per heavy atom. The molecule has 0 bridgehead atoms. The van der Waals surface area contributed by atoms with Gasteiger partial charge in [-0.05, 0) is 50.6 Å². The summed E-state index contributed by atoms with van der Waals surface area (Å²) < 4.78 is 0. The summed E-state index contributed by atoms with van der Waals surface area (Å²) in [5, 5.41) is 3.52. The number of anilines is 1. The molecule has 0 aromatic heterocycles. The van der Waals surface area contributed by atoms with E-state index < -0.39 is 0 Å². The molecule has 0 aliphatic rings. The molecule has 2 unspecified atom stereocenters. The second-order valence-electron chi connectivity index (χ2n) is 5.60. The van der Waals surface area contributed by atoms with Crippen molar-refractivity contribution < 1.29 is 9.59 Å². The molecule has 0 saturated carbocycles. The molecule has 126 valence electrons. The highest BCUT2D eigenvalue weighted by atomic mass is 35.5. The second kappa shape index (κ2) is 8.36. The summed E-state index contributed by atoms with van der Waals surface area (Å²) in [5.74, 6) is -0.105. The molecule has 3 nitrogen and oxygen atoms in total. The van der Waals surface area contributed by atoms with Crippen LogP contribution in [0.2, 0.25) is 5.02 Å². The first-order valence-corrected chi connectivity index (χ1v) is 9.01. The Morgan fingerprint density at radius 3 is 2.38 bits per heavy atom. The van der Waals surface area contributed by atoms with E-state index in [0.29, 0.717) is 16.3 Å². The second-order valence-corrected chi connectivity index (χ2v) is 7.72. The number of rotatable bonds is 6. The zero-order valence-electron chi connectivity index (χ0n) is 13.9. The number of thioether (sulfide) groups is 1. The Bertz CT molecular complexity index is 730. The standard InChI is InChI=1S/C19H20ClNO2S/c1-12(22)16-5-4-6-18(11-16)21-19(23)14(3)24-13(2)15-7-9-17(20)10-8-15/h4-11,13-14H,1-3H3,(H,21,23). The predicted octanol–water partition coefficient (Wildman–Crippen LogP) is 5.36. The fourth-order valence-electron chi connectivity index (χ4n) is 2.24. The minimum Gasteiger partial charge on any atom is -0.325 e. The smallest absolute Gasteiger partial charge is 0.237 e. The van der Waals surface area contributed by atoms with Crippen LogP contribution in [0.5, 0.6) is 0 Å². The van der Waals surface area contributed by atoms with E-state index in [1.54, 1.807) is 36.0 Å². The molecule has 0 radical (unpaired) electrons. The van der Waals surface area contributed by atoms with Gasteiger partial charge in [0, 0.05) is 21.5 Å². The van der Waals surface area contributed by atoms with Crippen LogP contribution in [0.4, 0.5) is 5.69 Å². The van der Waals surface area contributed by atoms with Crippen molar-refractivity contribution in [3.05, 3.63) is 64.7 Å². The summed E-state index contributed by atoms with van der Waals surface area (Å²) in [6.45, 7) is 5.45. The number of amides is 1. The van der Waals surface area contributed by atoms with Crippen LogP contribution in [0, 0.1) is 0 Å². The summed E-state index contributed by atoms with van der Waals surface area (Å²) in [5.41, 5.74) is 2.35. The van der Waals surface area contributed by atoms with E-state index in [0.717, 1.165) is 5.56 Å². The molecule has 24 heavy (non-hydrogen) atoms. The lowest BCUT2D eigenvalue weighted by Crippen LogP contribution is -2.23. The zero-order valence-corrected chi connectivity index (χ0v) is 15.4. The molecular weight excluding hydrogens is 342 g/mol. The van der Waals surface area contributed by atoms with Crippen LogP contribution in [0.1, 0.15) is 41.9 Å². The van der Waals surface area contributed by atoms with Gasteiger partial charge in [0.2, 0.25) is 5.91 Å². The molecule has 2 aromatic carbocycles. The fraction of sp³-hybridized carbons (Fsp3) is 0.263. The monoisotopic (exact) mass is 361 g/mol. The highest BCUT2D eigenvalue weighted by Crippen LogP contribution is 2.32. The maximum Gasteiger partial charge on any atom is 0.237 e. The molecule has 0 aliphatic carbocycles. The number of Topliss-reactive ketones (excluding diaryl/α,β-unsaturated/α-hetero) is 1. The largest absolute Gasteiger partial charge is 0.325 e. The van der Waals surface area contributed by atoms with Gasteiger partial charge in [0.05, 0.1) is 5.25 Å². The van der Waals surface area contributed by atoms with E-state index in [1.807, 2.05) is 31.2 Å². The lowest BCUT2D eigenvalue weighted by Gasteiger charge is -2.17. The van der Waals surface area contributed by atoms with Crippen molar-refractivity contribution >= 4 is 40.7 Å². The van der Waals surface area contributed by atoms with Crippen molar-refractivity contribution in [2.24, 2.45) is 0 Å². The molecule has 2 atom stereocenters. The van der Waals surface area contributed by atoms with Crippen LogP contribution >= 0.6 is 23.4 Å². The van der Waals surface area contributed by atoms with Gasteiger partial charge in [0.25, 0.3) is 0 Å². The van der Waals surface area contributed by atoms with Crippen molar-refractivity contribution in [2.45, 2.75) is 31.3 Å². The van der Waals surface area contributed by atoms with Crippen LogP contribution in [-0.2, 0) is 4.79 Å². The van der Waals surface area contributed by atoms with Crippen molar-refractivity contribution in [1.82, 2.24) is 0 Å². The lowest BCUT2D eigenvalue weighted by atomic mass is 10.1. The number of ketones is 1. The normalized spacial score (nSPS) is 13.2. The quantitative estimate of drug-likeness (QED) is 0.704. The number of benzene rings is 2. The van der Waals surface area contributed by atoms with Crippen molar-refractivity contribution in [2.75, 3.05) is 5.32 Å². The van der Waals surface area contributed by atoms with E-state index in [-0.39, 0.29) is 22.2 Å². The molecule has 0 spiro atoms. The van der Waals surface area contributed by atoms with Gasteiger partial charge in [-0.15, -0.1) is 11.8 Å². The summed E-state index contributed by atoms with van der Waals surface area (Å²) >= 11 is 7.48. The molecule has 2 rings (SSSR count). The number of hydrogen-bond donors (Lipinski definition) is 1. The molecular formula is C19H20ClNO2S. The predicted molar refractivity (Wildman–Crippen MR) is 102 cm³/mol. The molecule has 0 heterocycles. The number of hydrogen-bond acceptors (Lipinski definition) is 3. The Kier molecular flexibility index (Phi) is 6.46. The maximum atomic E-state index is 12.4. The first kappa shape index (κ1) is 18.6. The van der Waals surface area contributed by atoms with Crippen LogP contribution in [0.3, 0.4) is 0 Å². The van der Waals surface area contributed by atoms with E-state index in [4.69, 9.17) is 11.6 Å². The van der Waals surface area contributed by atoms with E-state index in [2.05, 4.69) is 12.2 Å². The van der Waals surface area contributed by atoms with Gasteiger partial charge in [-0.1, -0.05) is 35.9 Å². The first-order chi connectivity index (χ1) is 11.4. The Labute approximate surface area is 151 Å². The van der Waals surface area contributed by atoms with Crippen LogP contribution in [0.25, 0.3) is 0 Å². The molecule has 0 aliphatic heterocycles. The summed E-state index contributed by atoms with van der Waals surface area (Å²) in [6.07, 6.45) is 0. The fourth-order valence-corrected chi connectivity index (χ4v) is 3.48. The topological polar surface area (TPSA) is 46.2 Å². The highest BCUT2D eigenvalue weighted by Gasteiger charge is 2.18. The van der Waals surface area contributed by atoms with Gasteiger partial charge in [-0.3, -0.25) is 9.59 Å². The lowest BCUT2D eigenvalue weighted by molar-refractivity contribution is -0.115. The van der Waals surface area contributed by atoms with Crippen molar-refractivity contribution in [1.29, 1.82) is 0 Å². The minimum absolute atomic E-state index is 0.0233. The van der Waals surface area contributed by atoms with E-state index in [9.17, 15) is 9.59 Å². The Balaban J connectivity index is 1.98. The van der Waals surface area contributed by atoms with Crippen molar-refractivity contribution in [3.8, 4) is 0 Å². The zero-order chi connectivity index (χ0) is 17.7. The van der Waals surface area contributed by atoms with Gasteiger partial charge >= 0.3 is 0 Å². The Hall–Kier alpha value is -1.78. The summed E-state index contributed by atoms with van der Waals surface area (Å²) in [4.78, 5) is 23.8. The number of nitrogens with one attached hydrogen (secondary N) is 1. The molecule has 1 N–H and O–H groups in total. The summed E-state index contributed by atoms with van der Waals surface area (Å²) in [6, 6.07) is 14.6. The van der Waals surface area contributed by atoms with Crippen LogP contribution < -0.4 is 5.32 Å². The minimum atomic E-state index is -0.225. The van der Waals surface area contributed by atoms with Crippen molar-refractivity contribution in [3.63, 3.8) is 0 Å². The van der Waals surface area contributed by atoms with Crippen LogP contribution in [0.15, 0.2) is 48.5 Å². The highest BCUT2D eigenvalue weighted by molar-refractivity contribution is 8.00. The van der Waals surface area contributed by atoms with Gasteiger partial charge in [0.15, 0.2) is 5.78 Å². The third-order valence-electron chi connectivity index (χ3n) is 3.65. The van der Waals surface area contributed by atoms with Gasteiger partial charge < -0.3 is 5.32 Å². The average Bonchev–Trinajstić information content (AvgIpc) is 2.55. The third-order valence-corrected chi connectivity index (χ3v) is 5.21. The van der Waals surface area contributed by atoms with Gasteiger partial charge in [-0.2, -0.15) is 0 Å².